The summed E-state index contributed by atoms with van der Waals surface area (Å²) in [4.78, 5) is 17.7. The van der Waals surface area contributed by atoms with Crippen molar-refractivity contribution in [3.63, 3.8) is 0 Å². The van der Waals surface area contributed by atoms with E-state index in [9.17, 15) is 4.79 Å². The third kappa shape index (κ3) is 2.47. The van der Waals surface area contributed by atoms with Gasteiger partial charge < -0.3 is 4.52 Å². The molecule has 2 aromatic heterocycles. The second kappa shape index (κ2) is 5.36. The van der Waals surface area contributed by atoms with Crippen molar-refractivity contribution < 1.29 is 9.32 Å². The number of anilines is 1. The summed E-state index contributed by atoms with van der Waals surface area (Å²) in [7, 11) is 0. The highest BCUT2D eigenvalue weighted by Crippen LogP contribution is 2.26. The molecule has 5 nitrogen and oxygen atoms in total. The van der Waals surface area contributed by atoms with Gasteiger partial charge in [0.05, 0.1) is 5.69 Å². The number of aryl methyl sites for hydroxylation is 3. The maximum Gasteiger partial charge on any atom is 0.279 e. The molecule has 1 aliphatic carbocycles. The van der Waals surface area contributed by atoms with Crippen LogP contribution in [-0.2, 0) is 12.8 Å². The van der Waals surface area contributed by atoms with Crippen molar-refractivity contribution in [1.29, 1.82) is 0 Å². The number of amides is 1. The lowest BCUT2D eigenvalue weighted by molar-refractivity contribution is 0.101. The minimum absolute atomic E-state index is 0.217. The van der Waals surface area contributed by atoms with Gasteiger partial charge in [0, 0.05) is 16.9 Å². The molecule has 0 saturated carbocycles. The van der Waals surface area contributed by atoms with Crippen LogP contribution >= 0.6 is 11.3 Å². The van der Waals surface area contributed by atoms with E-state index in [4.69, 9.17) is 4.52 Å². The number of hydrogen-bond donors (Lipinski definition) is 1. The van der Waals surface area contributed by atoms with Crippen molar-refractivity contribution in [2.24, 2.45) is 0 Å². The van der Waals surface area contributed by atoms with Crippen LogP contribution < -0.4 is 5.32 Å². The van der Waals surface area contributed by atoms with E-state index < -0.39 is 0 Å². The number of fused-ring (bicyclic) bond motifs is 1. The lowest BCUT2D eigenvalue weighted by Gasteiger charge is -2.00. The molecule has 0 aliphatic heterocycles. The van der Waals surface area contributed by atoms with Gasteiger partial charge in [-0.1, -0.05) is 11.6 Å². The Kier molecular flexibility index (Phi) is 3.56. The van der Waals surface area contributed by atoms with Gasteiger partial charge in [0.2, 0.25) is 0 Å². The van der Waals surface area contributed by atoms with Crippen LogP contribution in [0.5, 0.6) is 0 Å². The maximum atomic E-state index is 12.3. The Labute approximate surface area is 121 Å². The highest BCUT2D eigenvalue weighted by Gasteiger charge is 2.23. The maximum absolute atomic E-state index is 12.3. The van der Waals surface area contributed by atoms with E-state index in [-0.39, 0.29) is 5.91 Å². The quantitative estimate of drug-likeness (QED) is 0.862. The largest absolute Gasteiger partial charge is 0.360 e. The first kappa shape index (κ1) is 13.3. The van der Waals surface area contributed by atoms with Gasteiger partial charge in [-0.2, -0.15) is 0 Å². The Morgan fingerprint density at radius 1 is 1.25 bits per heavy atom. The average molecular weight is 291 g/mol. The van der Waals surface area contributed by atoms with Gasteiger partial charge in [0.15, 0.2) is 10.8 Å². The zero-order valence-corrected chi connectivity index (χ0v) is 12.5. The second-order valence-electron chi connectivity index (χ2n) is 5.11. The first-order chi connectivity index (χ1) is 9.65. The SMILES string of the molecule is Cc1nc(NC(=O)c2noc3c2CCCCC3)sc1C. The lowest BCUT2D eigenvalue weighted by atomic mass is 10.1. The Morgan fingerprint density at radius 3 is 2.80 bits per heavy atom. The van der Waals surface area contributed by atoms with E-state index in [0.29, 0.717) is 10.8 Å². The number of aromatic nitrogens is 2. The molecule has 6 heteroatoms. The van der Waals surface area contributed by atoms with Gasteiger partial charge in [-0.05, 0) is 33.1 Å². The van der Waals surface area contributed by atoms with Crippen LogP contribution in [-0.4, -0.2) is 16.0 Å². The molecule has 0 bridgehead atoms. The van der Waals surface area contributed by atoms with Crippen LogP contribution in [0.4, 0.5) is 5.13 Å². The van der Waals surface area contributed by atoms with Crippen molar-refractivity contribution in [2.45, 2.75) is 46.0 Å². The van der Waals surface area contributed by atoms with Crippen LogP contribution in [0.2, 0.25) is 0 Å². The Balaban J connectivity index is 1.82. The molecule has 0 atom stereocenters. The molecule has 0 fully saturated rings. The van der Waals surface area contributed by atoms with Gasteiger partial charge in [-0.3, -0.25) is 10.1 Å². The molecule has 3 rings (SSSR count). The molecule has 0 radical (unpaired) electrons. The fraction of sp³-hybridized carbons (Fsp3) is 0.500. The summed E-state index contributed by atoms with van der Waals surface area (Å²) in [6.45, 7) is 3.93. The van der Waals surface area contributed by atoms with E-state index in [2.05, 4.69) is 15.5 Å². The van der Waals surface area contributed by atoms with Crippen LogP contribution in [0.15, 0.2) is 4.52 Å². The third-order valence-corrected chi connectivity index (χ3v) is 4.65. The minimum atomic E-state index is -0.217. The topological polar surface area (TPSA) is 68.0 Å². The van der Waals surface area contributed by atoms with E-state index in [1.165, 1.54) is 17.8 Å². The number of rotatable bonds is 2. The van der Waals surface area contributed by atoms with Crippen LogP contribution in [0, 0.1) is 13.8 Å². The standard InChI is InChI=1S/C14H17N3O2S/c1-8-9(2)20-14(15-8)16-13(18)12-10-6-4-3-5-7-11(10)19-17-12/h3-7H2,1-2H3,(H,15,16,18). The average Bonchev–Trinajstić information content (AvgIpc) is 2.85. The minimum Gasteiger partial charge on any atom is -0.360 e. The smallest absolute Gasteiger partial charge is 0.279 e. The van der Waals surface area contributed by atoms with Crippen molar-refractivity contribution in [3.8, 4) is 0 Å². The summed E-state index contributed by atoms with van der Waals surface area (Å²) in [6, 6.07) is 0. The van der Waals surface area contributed by atoms with E-state index in [1.807, 2.05) is 13.8 Å². The molecule has 1 aliphatic rings. The third-order valence-electron chi connectivity index (χ3n) is 3.66. The normalized spacial score (nSPS) is 14.7. The molecule has 106 valence electrons. The highest BCUT2D eigenvalue weighted by atomic mass is 32.1. The summed E-state index contributed by atoms with van der Waals surface area (Å²) < 4.78 is 5.33. The first-order valence-electron chi connectivity index (χ1n) is 6.88. The van der Waals surface area contributed by atoms with Gasteiger partial charge >= 0.3 is 0 Å². The number of carbonyl (C=O) groups excluding carboxylic acids is 1. The molecule has 1 amide bonds. The summed E-state index contributed by atoms with van der Waals surface area (Å²) >= 11 is 1.48. The predicted molar refractivity (Wildman–Crippen MR) is 77.3 cm³/mol. The summed E-state index contributed by atoms with van der Waals surface area (Å²) in [5.74, 6) is 0.657. The van der Waals surface area contributed by atoms with Crippen molar-refractivity contribution in [2.75, 3.05) is 5.32 Å². The molecule has 0 aromatic carbocycles. The fourth-order valence-corrected chi connectivity index (χ4v) is 3.23. The predicted octanol–water partition coefficient (Wildman–Crippen LogP) is 3.27. The summed E-state index contributed by atoms with van der Waals surface area (Å²) in [6.07, 6.45) is 5.12. The Bertz CT molecular complexity index is 625. The highest BCUT2D eigenvalue weighted by molar-refractivity contribution is 7.15. The molecule has 0 spiro atoms. The molecule has 20 heavy (non-hydrogen) atoms. The van der Waals surface area contributed by atoms with E-state index in [0.717, 1.165) is 47.6 Å². The van der Waals surface area contributed by atoms with Crippen molar-refractivity contribution in [1.82, 2.24) is 10.1 Å². The molecular weight excluding hydrogens is 274 g/mol. The van der Waals surface area contributed by atoms with Gasteiger partial charge in [0.25, 0.3) is 5.91 Å². The van der Waals surface area contributed by atoms with Crippen LogP contribution in [0.25, 0.3) is 0 Å². The number of nitrogens with zero attached hydrogens (tertiary/aromatic N) is 2. The number of nitrogens with one attached hydrogen (secondary N) is 1. The zero-order valence-electron chi connectivity index (χ0n) is 11.7. The van der Waals surface area contributed by atoms with Gasteiger partial charge in [-0.25, -0.2) is 4.98 Å². The lowest BCUT2D eigenvalue weighted by Crippen LogP contribution is -2.14. The molecule has 1 N–H and O–H groups in total. The fourth-order valence-electron chi connectivity index (χ4n) is 2.42. The monoisotopic (exact) mass is 291 g/mol. The second-order valence-corrected chi connectivity index (χ2v) is 6.31. The van der Waals surface area contributed by atoms with Gasteiger partial charge in [-0.15, -0.1) is 11.3 Å². The summed E-state index contributed by atoms with van der Waals surface area (Å²) in [5, 5.41) is 7.40. The molecule has 2 heterocycles. The Hall–Kier alpha value is -1.69. The van der Waals surface area contributed by atoms with Crippen molar-refractivity contribution in [3.05, 3.63) is 27.6 Å². The van der Waals surface area contributed by atoms with E-state index in [1.54, 1.807) is 0 Å². The summed E-state index contributed by atoms with van der Waals surface area (Å²) in [5.41, 5.74) is 2.35. The van der Waals surface area contributed by atoms with Crippen LogP contribution in [0.3, 0.4) is 0 Å². The van der Waals surface area contributed by atoms with Gasteiger partial charge in [0.1, 0.15) is 5.76 Å². The van der Waals surface area contributed by atoms with Crippen molar-refractivity contribution >= 4 is 22.4 Å². The first-order valence-corrected chi connectivity index (χ1v) is 7.69. The molecule has 0 saturated heterocycles. The number of carbonyl (C=O) groups is 1. The number of hydrogen-bond acceptors (Lipinski definition) is 5. The molecule has 0 unspecified atom stereocenters. The number of thiazole rings is 1. The molecular formula is C14H17N3O2S. The zero-order chi connectivity index (χ0) is 14.1. The Morgan fingerprint density at radius 2 is 2.05 bits per heavy atom. The molecule has 2 aromatic rings. The van der Waals surface area contributed by atoms with E-state index >= 15 is 0 Å². The van der Waals surface area contributed by atoms with Crippen LogP contribution in [0.1, 0.15) is 51.6 Å².